The summed E-state index contributed by atoms with van der Waals surface area (Å²) in [4.78, 5) is 23.7. The van der Waals surface area contributed by atoms with Crippen LogP contribution >= 0.6 is 0 Å². The summed E-state index contributed by atoms with van der Waals surface area (Å²) in [6, 6.07) is 9.44. The Bertz CT molecular complexity index is 776. The summed E-state index contributed by atoms with van der Waals surface area (Å²) in [7, 11) is 1.62. The highest BCUT2D eigenvalue weighted by Gasteiger charge is 2.38. The van der Waals surface area contributed by atoms with Crippen molar-refractivity contribution in [1.29, 1.82) is 0 Å². The number of nitrogens with zero attached hydrogens (tertiary/aromatic N) is 1. The molecule has 0 bridgehead atoms. The molecule has 1 amide bonds. The Morgan fingerprint density at radius 1 is 1.22 bits per heavy atom. The lowest BCUT2D eigenvalue weighted by Crippen LogP contribution is -2.45. The fraction of sp³-hybridized carbons (Fsp3) is 0.333. The first kappa shape index (κ1) is 15.5. The van der Waals surface area contributed by atoms with Crippen LogP contribution in [0, 0.1) is 5.82 Å². The fourth-order valence-corrected chi connectivity index (χ4v) is 3.05. The van der Waals surface area contributed by atoms with Gasteiger partial charge in [0.25, 0.3) is 5.91 Å². The molecular weight excluding hydrogens is 295 g/mol. The van der Waals surface area contributed by atoms with E-state index in [1.807, 2.05) is 0 Å². The number of amides is 1. The molecule has 1 heterocycles. The predicted octanol–water partition coefficient (Wildman–Crippen LogP) is 2.38. The average molecular weight is 314 g/mol. The monoisotopic (exact) mass is 314 g/mol. The molecule has 0 saturated heterocycles. The number of nitrogens with one attached hydrogen (secondary N) is 1. The van der Waals surface area contributed by atoms with Crippen molar-refractivity contribution in [3.63, 3.8) is 0 Å². The van der Waals surface area contributed by atoms with Crippen molar-refractivity contribution in [3.05, 3.63) is 69.9 Å². The molecule has 120 valence electrons. The zero-order valence-electron chi connectivity index (χ0n) is 13.0. The average Bonchev–Trinajstić information content (AvgIpc) is 2.50. The third-order valence-corrected chi connectivity index (χ3v) is 4.70. The molecule has 1 N–H and O–H groups in total. The summed E-state index contributed by atoms with van der Waals surface area (Å²) in [5, 5.41) is 2.95. The molecule has 0 radical (unpaired) electrons. The quantitative estimate of drug-likeness (QED) is 0.942. The maximum absolute atomic E-state index is 13.1. The van der Waals surface area contributed by atoms with Crippen LogP contribution in [0.15, 0.2) is 47.4 Å². The van der Waals surface area contributed by atoms with Gasteiger partial charge < -0.3 is 9.88 Å². The predicted molar refractivity (Wildman–Crippen MR) is 85.9 cm³/mol. The number of hydrogen-bond donors (Lipinski definition) is 1. The second kappa shape index (κ2) is 5.99. The van der Waals surface area contributed by atoms with E-state index in [9.17, 15) is 14.0 Å². The first-order chi connectivity index (χ1) is 11.0. The van der Waals surface area contributed by atoms with Crippen LogP contribution in [-0.2, 0) is 12.5 Å². The SMILES string of the molecule is Cn1cc(C(=O)NCC2(c3ccc(F)cc3)CCC2)ccc1=O. The molecule has 1 aromatic carbocycles. The smallest absolute Gasteiger partial charge is 0.252 e. The minimum absolute atomic E-state index is 0.107. The molecule has 0 atom stereocenters. The third-order valence-electron chi connectivity index (χ3n) is 4.70. The number of aromatic nitrogens is 1. The molecule has 1 aliphatic rings. The van der Waals surface area contributed by atoms with Crippen LogP contribution in [0.1, 0.15) is 35.2 Å². The van der Waals surface area contributed by atoms with Crippen molar-refractivity contribution in [1.82, 2.24) is 9.88 Å². The zero-order valence-corrected chi connectivity index (χ0v) is 13.0. The van der Waals surface area contributed by atoms with Crippen molar-refractivity contribution < 1.29 is 9.18 Å². The maximum Gasteiger partial charge on any atom is 0.252 e. The Morgan fingerprint density at radius 2 is 1.91 bits per heavy atom. The molecule has 1 aliphatic carbocycles. The van der Waals surface area contributed by atoms with Crippen LogP contribution in [-0.4, -0.2) is 17.0 Å². The lowest BCUT2D eigenvalue weighted by molar-refractivity contribution is 0.0927. The van der Waals surface area contributed by atoms with E-state index in [4.69, 9.17) is 0 Å². The molecule has 1 aromatic heterocycles. The Labute approximate surface area is 134 Å². The van der Waals surface area contributed by atoms with E-state index in [0.717, 1.165) is 24.8 Å². The van der Waals surface area contributed by atoms with E-state index in [1.54, 1.807) is 19.2 Å². The molecule has 0 unspecified atom stereocenters. The van der Waals surface area contributed by atoms with Gasteiger partial charge in [-0.3, -0.25) is 9.59 Å². The van der Waals surface area contributed by atoms with Crippen LogP contribution < -0.4 is 10.9 Å². The summed E-state index contributed by atoms with van der Waals surface area (Å²) in [5.41, 5.74) is 1.26. The molecule has 0 spiro atoms. The highest BCUT2D eigenvalue weighted by Crippen LogP contribution is 2.43. The van der Waals surface area contributed by atoms with Crippen LogP contribution in [0.5, 0.6) is 0 Å². The van der Waals surface area contributed by atoms with Crippen molar-refractivity contribution >= 4 is 5.91 Å². The van der Waals surface area contributed by atoms with Crippen LogP contribution in [0.25, 0.3) is 0 Å². The summed E-state index contributed by atoms with van der Waals surface area (Å²) in [6.45, 7) is 0.514. The Kier molecular flexibility index (Phi) is 4.03. The summed E-state index contributed by atoms with van der Waals surface area (Å²) < 4.78 is 14.5. The fourth-order valence-electron chi connectivity index (χ4n) is 3.05. The Morgan fingerprint density at radius 3 is 2.48 bits per heavy atom. The molecule has 1 fully saturated rings. The minimum atomic E-state index is -0.252. The molecule has 23 heavy (non-hydrogen) atoms. The van der Waals surface area contributed by atoms with E-state index < -0.39 is 0 Å². The first-order valence-corrected chi connectivity index (χ1v) is 7.71. The van der Waals surface area contributed by atoms with Crippen molar-refractivity contribution in [2.24, 2.45) is 7.05 Å². The van der Waals surface area contributed by atoms with Crippen LogP contribution in [0.3, 0.4) is 0 Å². The van der Waals surface area contributed by atoms with E-state index in [0.29, 0.717) is 12.1 Å². The van der Waals surface area contributed by atoms with Crippen molar-refractivity contribution in [3.8, 4) is 0 Å². The molecule has 4 nitrogen and oxygen atoms in total. The second-order valence-corrected chi connectivity index (χ2v) is 6.19. The number of pyridine rings is 1. The third kappa shape index (κ3) is 3.04. The minimum Gasteiger partial charge on any atom is -0.351 e. The molecule has 0 aliphatic heterocycles. The van der Waals surface area contributed by atoms with Gasteiger partial charge in [0.15, 0.2) is 0 Å². The number of carbonyl (C=O) groups excluding carboxylic acids is 1. The van der Waals surface area contributed by atoms with Gasteiger partial charge in [0.2, 0.25) is 5.56 Å². The molecule has 5 heteroatoms. The second-order valence-electron chi connectivity index (χ2n) is 6.19. The molecular formula is C18H19FN2O2. The Hall–Kier alpha value is -2.43. The van der Waals surface area contributed by atoms with Crippen LogP contribution in [0.4, 0.5) is 4.39 Å². The van der Waals surface area contributed by atoms with Gasteiger partial charge in [-0.25, -0.2) is 4.39 Å². The van der Waals surface area contributed by atoms with Gasteiger partial charge in [0.1, 0.15) is 5.82 Å². The molecule has 1 saturated carbocycles. The lowest BCUT2D eigenvalue weighted by atomic mass is 9.64. The standard InChI is InChI=1S/C18H19FN2O2/c1-21-11-13(3-8-16(21)22)17(23)20-12-18(9-2-10-18)14-4-6-15(19)7-5-14/h3-8,11H,2,9-10,12H2,1H3,(H,20,23). The Balaban J connectivity index is 1.72. The summed E-state index contributed by atoms with van der Waals surface area (Å²) in [5.74, 6) is -0.452. The first-order valence-electron chi connectivity index (χ1n) is 7.71. The van der Waals surface area contributed by atoms with Gasteiger partial charge in [-0.1, -0.05) is 18.6 Å². The zero-order chi connectivity index (χ0) is 16.4. The van der Waals surface area contributed by atoms with Crippen molar-refractivity contribution in [2.45, 2.75) is 24.7 Å². The van der Waals surface area contributed by atoms with Gasteiger partial charge in [0, 0.05) is 31.3 Å². The number of carbonyl (C=O) groups is 1. The molecule has 2 aromatic rings. The van der Waals surface area contributed by atoms with Crippen molar-refractivity contribution in [2.75, 3.05) is 6.54 Å². The highest BCUT2D eigenvalue weighted by molar-refractivity contribution is 5.93. The number of halogens is 1. The van der Waals surface area contributed by atoms with Gasteiger partial charge in [-0.05, 0) is 36.6 Å². The van der Waals surface area contributed by atoms with Gasteiger partial charge in [-0.2, -0.15) is 0 Å². The normalized spacial score (nSPS) is 15.7. The largest absolute Gasteiger partial charge is 0.351 e. The topological polar surface area (TPSA) is 51.1 Å². The van der Waals surface area contributed by atoms with Gasteiger partial charge in [0.05, 0.1) is 5.56 Å². The van der Waals surface area contributed by atoms with Crippen LogP contribution in [0.2, 0.25) is 0 Å². The summed E-state index contributed by atoms with van der Waals surface area (Å²) in [6.07, 6.45) is 4.59. The van der Waals surface area contributed by atoms with Gasteiger partial charge >= 0.3 is 0 Å². The maximum atomic E-state index is 13.1. The number of hydrogen-bond acceptors (Lipinski definition) is 2. The van der Waals surface area contributed by atoms with E-state index in [2.05, 4.69) is 5.32 Å². The van der Waals surface area contributed by atoms with E-state index in [1.165, 1.54) is 35.0 Å². The highest BCUT2D eigenvalue weighted by atomic mass is 19.1. The van der Waals surface area contributed by atoms with E-state index >= 15 is 0 Å². The number of rotatable bonds is 4. The van der Waals surface area contributed by atoms with E-state index in [-0.39, 0.29) is 22.7 Å². The van der Waals surface area contributed by atoms with Gasteiger partial charge in [-0.15, -0.1) is 0 Å². The lowest BCUT2D eigenvalue weighted by Gasteiger charge is -2.42. The summed E-state index contributed by atoms with van der Waals surface area (Å²) >= 11 is 0. The molecule has 3 rings (SSSR count). The number of aryl methyl sites for hydroxylation is 1. The number of benzene rings is 1.